The molecule has 0 aromatic heterocycles. The summed E-state index contributed by atoms with van der Waals surface area (Å²) in [5.41, 5.74) is 5.18. The number of piperazine rings is 1. The number of benzene rings is 2. The molecule has 0 spiro atoms. The third-order valence-electron chi connectivity index (χ3n) is 4.92. The fourth-order valence-corrected chi connectivity index (χ4v) is 3.47. The predicted molar refractivity (Wildman–Crippen MR) is 106 cm³/mol. The van der Waals surface area contributed by atoms with Crippen LogP contribution in [0.15, 0.2) is 48.5 Å². The zero-order chi connectivity index (χ0) is 18.4. The number of carbonyl (C=O) groups excluding carboxylic acids is 1. The molecule has 26 heavy (non-hydrogen) atoms. The molecule has 1 aliphatic heterocycles. The first kappa shape index (κ1) is 18.5. The Kier molecular flexibility index (Phi) is 6.29. The summed E-state index contributed by atoms with van der Waals surface area (Å²) in [5.74, 6) is 0. The number of rotatable bonds is 5. The summed E-state index contributed by atoms with van der Waals surface area (Å²) in [6, 6.07) is 17.2. The molecule has 2 aromatic carbocycles. The molecule has 0 bridgehead atoms. The summed E-state index contributed by atoms with van der Waals surface area (Å²) in [7, 11) is 0. The topological polar surface area (TPSA) is 35.6 Å². The average molecular weight is 351 g/mol. The van der Waals surface area contributed by atoms with Crippen molar-refractivity contribution >= 4 is 6.03 Å². The van der Waals surface area contributed by atoms with E-state index in [0.29, 0.717) is 6.54 Å². The van der Waals surface area contributed by atoms with Gasteiger partial charge in [-0.15, -0.1) is 0 Å². The van der Waals surface area contributed by atoms with E-state index in [1.807, 2.05) is 4.90 Å². The molecule has 1 saturated heterocycles. The van der Waals surface area contributed by atoms with Gasteiger partial charge >= 0.3 is 6.03 Å². The van der Waals surface area contributed by atoms with Gasteiger partial charge < -0.3 is 10.2 Å². The van der Waals surface area contributed by atoms with Crippen LogP contribution in [0.2, 0.25) is 0 Å². The summed E-state index contributed by atoms with van der Waals surface area (Å²) >= 11 is 0. The molecule has 0 aliphatic carbocycles. The molecule has 1 heterocycles. The Morgan fingerprint density at radius 3 is 2.19 bits per heavy atom. The molecule has 3 rings (SSSR count). The van der Waals surface area contributed by atoms with Gasteiger partial charge in [0.2, 0.25) is 0 Å². The second kappa shape index (κ2) is 8.86. The van der Waals surface area contributed by atoms with Crippen molar-refractivity contribution in [3.8, 4) is 0 Å². The second-order valence-electron chi connectivity index (χ2n) is 7.22. The summed E-state index contributed by atoms with van der Waals surface area (Å²) in [5, 5.41) is 3.06. The average Bonchev–Trinajstić information content (AvgIpc) is 2.62. The number of aryl methyl sites for hydroxylation is 2. The number of carbonyl (C=O) groups is 1. The lowest BCUT2D eigenvalue weighted by atomic mass is 10.1. The van der Waals surface area contributed by atoms with Crippen LogP contribution in [0.4, 0.5) is 4.79 Å². The van der Waals surface area contributed by atoms with Gasteiger partial charge in [0.25, 0.3) is 0 Å². The van der Waals surface area contributed by atoms with Crippen LogP contribution in [0.3, 0.4) is 0 Å². The Labute approximate surface area is 156 Å². The van der Waals surface area contributed by atoms with Crippen molar-refractivity contribution in [1.29, 1.82) is 0 Å². The zero-order valence-corrected chi connectivity index (χ0v) is 15.9. The van der Waals surface area contributed by atoms with Crippen molar-refractivity contribution in [2.45, 2.75) is 26.8 Å². The number of amides is 2. The summed E-state index contributed by atoms with van der Waals surface area (Å²) in [6.45, 7) is 9.32. The largest absolute Gasteiger partial charge is 0.338 e. The number of hydrogen-bond acceptors (Lipinski definition) is 2. The van der Waals surface area contributed by atoms with Crippen LogP contribution in [0.1, 0.15) is 22.3 Å². The predicted octanol–water partition coefficient (Wildman–Crippen LogP) is 3.37. The molecule has 0 radical (unpaired) electrons. The monoisotopic (exact) mass is 351 g/mol. The van der Waals surface area contributed by atoms with Gasteiger partial charge in [0.05, 0.1) is 0 Å². The highest BCUT2D eigenvalue weighted by Gasteiger charge is 2.20. The molecule has 1 aliphatic rings. The summed E-state index contributed by atoms with van der Waals surface area (Å²) in [6.07, 6.45) is 0.876. The first-order chi connectivity index (χ1) is 12.6. The maximum atomic E-state index is 12.4. The fraction of sp³-hybridized carbons (Fsp3) is 0.409. The third-order valence-corrected chi connectivity index (χ3v) is 4.92. The minimum atomic E-state index is 0.0628. The van der Waals surface area contributed by atoms with Gasteiger partial charge in [-0.3, -0.25) is 4.90 Å². The van der Waals surface area contributed by atoms with E-state index in [0.717, 1.165) is 39.1 Å². The van der Waals surface area contributed by atoms with Crippen LogP contribution < -0.4 is 5.32 Å². The molecule has 1 fully saturated rings. The van der Waals surface area contributed by atoms with E-state index in [-0.39, 0.29) is 6.03 Å². The Morgan fingerprint density at radius 2 is 1.54 bits per heavy atom. The number of hydrogen-bond donors (Lipinski definition) is 1. The fourth-order valence-electron chi connectivity index (χ4n) is 3.47. The quantitative estimate of drug-likeness (QED) is 0.896. The Hall–Kier alpha value is -2.33. The molecule has 4 nitrogen and oxygen atoms in total. The first-order valence-corrected chi connectivity index (χ1v) is 9.46. The minimum Gasteiger partial charge on any atom is -0.338 e. The molecule has 2 aromatic rings. The Bertz CT molecular complexity index is 736. The van der Waals surface area contributed by atoms with Gasteiger partial charge in [-0.05, 0) is 31.4 Å². The van der Waals surface area contributed by atoms with E-state index in [4.69, 9.17) is 0 Å². The molecule has 4 heteroatoms. The van der Waals surface area contributed by atoms with Gasteiger partial charge in [0.15, 0.2) is 0 Å². The third kappa shape index (κ3) is 5.33. The minimum absolute atomic E-state index is 0.0628. The molecular formula is C22H29N3O. The number of urea groups is 1. The smallest absolute Gasteiger partial charge is 0.317 e. The van der Waals surface area contributed by atoms with Crippen LogP contribution in [-0.2, 0) is 13.0 Å². The normalized spacial score (nSPS) is 15.1. The highest BCUT2D eigenvalue weighted by Crippen LogP contribution is 2.10. The molecular weight excluding hydrogens is 322 g/mol. The van der Waals surface area contributed by atoms with E-state index in [1.54, 1.807) is 0 Å². The summed E-state index contributed by atoms with van der Waals surface area (Å²) in [4.78, 5) is 16.7. The Morgan fingerprint density at radius 1 is 0.923 bits per heavy atom. The highest BCUT2D eigenvalue weighted by atomic mass is 16.2. The van der Waals surface area contributed by atoms with E-state index >= 15 is 0 Å². The van der Waals surface area contributed by atoms with Gasteiger partial charge in [-0.25, -0.2) is 4.79 Å². The van der Waals surface area contributed by atoms with Crippen molar-refractivity contribution in [3.05, 3.63) is 70.8 Å². The van der Waals surface area contributed by atoms with Crippen molar-refractivity contribution in [3.63, 3.8) is 0 Å². The van der Waals surface area contributed by atoms with Crippen molar-refractivity contribution in [2.75, 3.05) is 32.7 Å². The summed E-state index contributed by atoms with van der Waals surface area (Å²) < 4.78 is 0. The second-order valence-corrected chi connectivity index (χ2v) is 7.22. The molecule has 0 unspecified atom stereocenters. The van der Waals surface area contributed by atoms with E-state index < -0.39 is 0 Å². The lowest BCUT2D eigenvalue weighted by molar-refractivity contribution is 0.135. The van der Waals surface area contributed by atoms with E-state index in [1.165, 1.54) is 22.3 Å². The van der Waals surface area contributed by atoms with Crippen molar-refractivity contribution in [1.82, 2.24) is 15.1 Å². The first-order valence-electron chi connectivity index (χ1n) is 9.46. The van der Waals surface area contributed by atoms with Crippen LogP contribution in [0.5, 0.6) is 0 Å². The van der Waals surface area contributed by atoms with Crippen LogP contribution in [0, 0.1) is 13.8 Å². The number of nitrogens with zero attached hydrogens (tertiary/aromatic N) is 2. The molecule has 2 amide bonds. The van der Waals surface area contributed by atoms with Gasteiger partial charge in [-0.2, -0.15) is 0 Å². The number of nitrogens with one attached hydrogen (secondary N) is 1. The van der Waals surface area contributed by atoms with Crippen molar-refractivity contribution in [2.24, 2.45) is 0 Å². The standard InChI is InChI=1S/C22H29N3O/c1-18-5-3-7-20(15-18)9-10-23-22(26)25-13-11-24(12-14-25)17-21-8-4-6-19(2)16-21/h3-8,15-16H,9-14,17H2,1-2H3,(H,23,26). The van der Waals surface area contributed by atoms with Gasteiger partial charge in [-0.1, -0.05) is 59.7 Å². The van der Waals surface area contributed by atoms with Gasteiger partial charge in [0.1, 0.15) is 0 Å². The maximum Gasteiger partial charge on any atom is 0.317 e. The molecule has 0 atom stereocenters. The van der Waals surface area contributed by atoms with Crippen LogP contribution in [-0.4, -0.2) is 48.6 Å². The SMILES string of the molecule is Cc1cccc(CCNC(=O)N2CCN(Cc3cccc(C)c3)CC2)c1. The van der Waals surface area contributed by atoms with Crippen molar-refractivity contribution < 1.29 is 4.79 Å². The lowest BCUT2D eigenvalue weighted by Crippen LogP contribution is -2.51. The lowest BCUT2D eigenvalue weighted by Gasteiger charge is -2.34. The molecule has 138 valence electrons. The Balaban J connectivity index is 1.39. The van der Waals surface area contributed by atoms with Crippen LogP contribution in [0.25, 0.3) is 0 Å². The molecule has 0 saturated carbocycles. The van der Waals surface area contributed by atoms with Crippen LogP contribution >= 0.6 is 0 Å². The van der Waals surface area contributed by atoms with Gasteiger partial charge in [0, 0.05) is 39.3 Å². The maximum absolute atomic E-state index is 12.4. The highest BCUT2D eigenvalue weighted by molar-refractivity contribution is 5.74. The van der Waals surface area contributed by atoms with E-state index in [9.17, 15) is 4.79 Å². The zero-order valence-electron chi connectivity index (χ0n) is 15.9. The molecule has 1 N–H and O–H groups in total. The van der Waals surface area contributed by atoms with E-state index in [2.05, 4.69) is 72.6 Å².